The molecule has 1 fully saturated rings. The van der Waals surface area contributed by atoms with E-state index in [9.17, 15) is 9.59 Å². The van der Waals surface area contributed by atoms with Crippen LogP contribution in [0.25, 0.3) is 0 Å². The van der Waals surface area contributed by atoms with Crippen molar-refractivity contribution < 1.29 is 9.59 Å². The monoisotopic (exact) mass is 491 g/mol. The van der Waals surface area contributed by atoms with Gasteiger partial charge in [-0.2, -0.15) is 0 Å². The maximum atomic E-state index is 12.8. The van der Waals surface area contributed by atoms with Gasteiger partial charge in [-0.1, -0.05) is 6.07 Å². The van der Waals surface area contributed by atoms with Crippen LogP contribution in [0, 0.1) is 0 Å². The van der Waals surface area contributed by atoms with Gasteiger partial charge in [0.25, 0.3) is 5.91 Å². The highest BCUT2D eigenvalue weighted by Gasteiger charge is 2.32. The summed E-state index contributed by atoms with van der Waals surface area (Å²) in [7, 11) is 0. The van der Waals surface area contributed by atoms with Gasteiger partial charge in [0.2, 0.25) is 5.91 Å². The highest BCUT2D eigenvalue weighted by Crippen LogP contribution is 2.36. The van der Waals surface area contributed by atoms with Gasteiger partial charge in [0.15, 0.2) is 5.13 Å². The van der Waals surface area contributed by atoms with Crippen LogP contribution < -0.4 is 15.5 Å². The third-order valence-electron chi connectivity index (χ3n) is 6.73. The molecule has 0 radical (unpaired) electrons. The van der Waals surface area contributed by atoms with Gasteiger partial charge < -0.3 is 20.4 Å². The summed E-state index contributed by atoms with van der Waals surface area (Å²) in [6.45, 7) is 8.46. The fourth-order valence-electron chi connectivity index (χ4n) is 4.86. The molecule has 8 heteroatoms. The second kappa shape index (κ2) is 10.9. The first-order valence-electron chi connectivity index (χ1n) is 12.2. The number of carbonyl (C=O) groups is 2. The molecule has 2 heterocycles. The highest BCUT2D eigenvalue weighted by atomic mass is 32.1. The van der Waals surface area contributed by atoms with Crippen molar-refractivity contribution in [3.8, 4) is 0 Å². The van der Waals surface area contributed by atoms with Crippen LogP contribution in [0.3, 0.4) is 0 Å². The van der Waals surface area contributed by atoms with Crippen LogP contribution in [0.4, 0.5) is 16.5 Å². The molecule has 1 aliphatic heterocycles. The Morgan fingerprint density at radius 2 is 1.83 bits per heavy atom. The number of primary amides is 1. The largest absolute Gasteiger partial charge is 0.366 e. The molecular formula is C27H33N5O2S. The molecule has 0 bridgehead atoms. The molecular weight excluding hydrogens is 458 g/mol. The van der Waals surface area contributed by atoms with Gasteiger partial charge in [-0.15, -0.1) is 11.3 Å². The fraction of sp³-hybridized carbons (Fsp3) is 0.370. The summed E-state index contributed by atoms with van der Waals surface area (Å²) in [6.07, 6.45) is 3.72. The first-order chi connectivity index (χ1) is 16.9. The lowest BCUT2D eigenvalue weighted by molar-refractivity contribution is 0.0772. The summed E-state index contributed by atoms with van der Waals surface area (Å²) in [5.41, 5.74) is 8.66. The topological polar surface area (TPSA) is 82.8 Å². The molecule has 1 aromatic heterocycles. The number of nitrogens with zero attached hydrogens (tertiary/aromatic N) is 4. The van der Waals surface area contributed by atoms with E-state index in [0.717, 1.165) is 35.9 Å². The Kier molecular flexibility index (Phi) is 7.70. The minimum Gasteiger partial charge on any atom is -0.366 e. The standard InChI is InChI=1S/C27H33N5O2S/c1-4-30(5-2)26(34)20-9-11-22(12-10-20)32(23-8-6-7-21(18-23)25(28)33)24-13-15-31(19(3)17-24)27-29-14-16-35-27/h6-12,14,16,18-19,24H,4-5,13,15,17H2,1-3H3,(H2,28,33). The number of benzene rings is 2. The van der Waals surface area contributed by atoms with E-state index in [1.54, 1.807) is 17.4 Å². The normalized spacial score (nSPS) is 17.7. The van der Waals surface area contributed by atoms with Gasteiger partial charge in [-0.3, -0.25) is 9.59 Å². The minimum atomic E-state index is -0.445. The number of hydrogen-bond acceptors (Lipinski definition) is 6. The summed E-state index contributed by atoms with van der Waals surface area (Å²) in [5, 5.41) is 3.06. The number of anilines is 3. The average molecular weight is 492 g/mol. The van der Waals surface area contributed by atoms with Crippen LogP contribution in [0.1, 0.15) is 54.3 Å². The van der Waals surface area contributed by atoms with E-state index in [-0.39, 0.29) is 11.9 Å². The summed E-state index contributed by atoms with van der Waals surface area (Å²) < 4.78 is 0. The van der Waals surface area contributed by atoms with E-state index in [1.165, 1.54) is 0 Å². The first kappa shape index (κ1) is 24.7. The van der Waals surface area contributed by atoms with Crippen molar-refractivity contribution in [2.24, 2.45) is 5.73 Å². The molecule has 1 saturated heterocycles. The molecule has 35 heavy (non-hydrogen) atoms. The molecule has 2 N–H and O–H groups in total. The van der Waals surface area contributed by atoms with Crippen LogP contribution >= 0.6 is 11.3 Å². The molecule has 0 saturated carbocycles. The molecule has 2 atom stereocenters. The van der Waals surface area contributed by atoms with E-state index in [2.05, 4.69) is 21.7 Å². The fourth-order valence-corrected chi connectivity index (χ4v) is 5.63. The number of nitrogens with two attached hydrogens (primary N) is 1. The SMILES string of the molecule is CCN(CC)C(=O)c1ccc(N(c2cccc(C(N)=O)c2)C2CCN(c3nccs3)C(C)C2)cc1. The van der Waals surface area contributed by atoms with Crippen molar-refractivity contribution in [1.29, 1.82) is 0 Å². The van der Waals surface area contributed by atoms with Crippen molar-refractivity contribution >= 4 is 39.7 Å². The Hall–Kier alpha value is -3.39. The number of piperidine rings is 1. The van der Waals surface area contributed by atoms with Gasteiger partial charge in [-0.05, 0) is 76.1 Å². The van der Waals surface area contributed by atoms with Crippen molar-refractivity contribution in [2.45, 2.75) is 45.7 Å². The Balaban J connectivity index is 1.66. The molecule has 4 rings (SSSR count). The third-order valence-corrected chi connectivity index (χ3v) is 7.54. The molecule has 2 amide bonds. The van der Waals surface area contributed by atoms with Crippen LogP contribution in [0.5, 0.6) is 0 Å². The third kappa shape index (κ3) is 5.32. The highest BCUT2D eigenvalue weighted by molar-refractivity contribution is 7.13. The molecule has 3 aromatic rings. The van der Waals surface area contributed by atoms with Gasteiger partial charge >= 0.3 is 0 Å². The van der Waals surface area contributed by atoms with E-state index < -0.39 is 5.91 Å². The maximum Gasteiger partial charge on any atom is 0.253 e. The Labute approximate surface area is 211 Å². The predicted octanol–water partition coefficient (Wildman–Crippen LogP) is 4.92. The Morgan fingerprint density at radius 3 is 2.43 bits per heavy atom. The second-order valence-electron chi connectivity index (χ2n) is 8.84. The van der Waals surface area contributed by atoms with Crippen LogP contribution in [0.15, 0.2) is 60.1 Å². The van der Waals surface area contributed by atoms with Gasteiger partial charge in [0.05, 0.1) is 0 Å². The molecule has 2 unspecified atom stereocenters. The van der Waals surface area contributed by atoms with Crippen molar-refractivity contribution in [1.82, 2.24) is 9.88 Å². The van der Waals surface area contributed by atoms with E-state index in [4.69, 9.17) is 5.73 Å². The molecule has 0 spiro atoms. The zero-order valence-electron chi connectivity index (χ0n) is 20.6. The van der Waals surface area contributed by atoms with Crippen molar-refractivity contribution in [2.75, 3.05) is 29.4 Å². The van der Waals surface area contributed by atoms with E-state index >= 15 is 0 Å². The van der Waals surface area contributed by atoms with E-state index in [1.807, 2.05) is 72.8 Å². The van der Waals surface area contributed by atoms with Crippen molar-refractivity contribution in [3.63, 3.8) is 0 Å². The lowest BCUT2D eigenvalue weighted by Gasteiger charge is -2.43. The number of carbonyl (C=O) groups excluding carboxylic acids is 2. The Morgan fingerprint density at radius 1 is 1.09 bits per heavy atom. The lowest BCUT2D eigenvalue weighted by atomic mass is 9.95. The van der Waals surface area contributed by atoms with E-state index in [0.29, 0.717) is 30.3 Å². The zero-order valence-corrected chi connectivity index (χ0v) is 21.4. The quantitative estimate of drug-likeness (QED) is 0.484. The van der Waals surface area contributed by atoms with Crippen LogP contribution in [-0.2, 0) is 0 Å². The zero-order chi connectivity index (χ0) is 24.9. The van der Waals surface area contributed by atoms with Gasteiger partial charge in [0, 0.05) is 65.8 Å². The molecule has 1 aliphatic rings. The molecule has 184 valence electrons. The number of rotatable bonds is 8. The second-order valence-corrected chi connectivity index (χ2v) is 9.72. The number of hydrogen-bond donors (Lipinski definition) is 1. The number of thiazole rings is 1. The summed E-state index contributed by atoms with van der Waals surface area (Å²) >= 11 is 1.66. The number of aromatic nitrogens is 1. The lowest BCUT2D eigenvalue weighted by Crippen LogP contribution is -2.48. The van der Waals surface area contributed by atoms with Crippen LogP contribution in [0.2, 0.25) is 0 Å². The number of amides is 2. The van der Waals surface area contributed by atoms with Gasteiger partial charge in [0.1, 0.15) is 0 Å². The maximum absolute atomic E-state index is 12.8. The smallest absolute Gasteiger partial charge is 0.253 e. The van der Waals surface area contributed by atoms with Crippen molar-refractivity contribution in [3.05, 3.63) is 71.2 Å². The predicted molar refractivity (Wildman–Crippen MR) is 143 cm³/mol. The van der Waals surface area contributed by atoms with Crippen LogP contribution in [-0.4, -0.2) is 53.4 Å². The Bertz CT molecular complexity index is 1140. The van der Waals surface area contributed by atoms with Gasteiger partial charge in [-0.25, -0.2) is 4.98 Å². The molecule has 7 nitrogen and oxygen atoms in total. The summed E-state index contributed by atoms with van der Waals surface area (Å²) in [6, 6.07) is 15.8. The summed E-state index contributed by atoms with van der Waals surface area (Å²) in [4.78, 5) is 35.7. The minimum absolute atomic E-state index is 0.0363. The summed E-state index contributed by atoms with van der Waals surface area (Å²) in [5.74, 6) is -0.409. The first-order valence-corrected chi connectivity index (χ1v) is 13.1. The molecule has 0 aliphatic carbocycles. The average Bonchev–Trinajstić information content (AvgIpc) is 3.40. The molecule has 2 aromatic carbocycles.